The van der Waals surface area contributed by atoms with Crippen LogP contribution >= 0.6 is 23.2 Å². The molecule has 2 unspecified atom stereocenters. The molecule has 0 radical (unpaired) electrons. The van der Waals surface area contributed by atoms with E-state index < -0.39 is 11.9 Å². The third-order valence-electron chi connectivity index (χ3n) is 29.0. The molecule has 4 saturated carbocycles. The Hall–Kier alpha value is -12.1. The number of nitrogens with one attached hydrogen (secondary N) is 2. The zero-order valence-corrected chi connectivity index (χ0v) is 75.8. The van der Waals surface area contributed by atoms with Gasteiger partial charge in [0.2, 0.25) is 0 Å². The van der Waals surface area contributed by atoms with Crippen LogP contribution in [0.5, 0.6) is 0 Å². The van der Waals surface area contributed by atoms with Crippen LogP contribution in [-0.4, -0.2) is 121 Å². The van der Waals surface area contributed by atoms with Gasteiger partial charge in [0.15, 0.2) is 0 Å². The van der Waals surface area contributed by atoms with Crippen LogP contribution in [0, 0.1) is 11.8 Å². The third-order valence-corrected chi connectivity index (χ3v) is 29.7. The predicted octanol–water partition coefficient (Wildman–Crippen LogP) is 26.1. The Labute approximate surface area is 766 Å². The third kappa shape index (κ3) is 16.5. The number of para-hydroxylation sites is 4. The van der Waals surface area contributed by atoms with E-state index in [1.54, 1.807) is 12.1 Å². The first-order chi connectivity index (χ1) is 63.5. The molecule has 0 amide bonds. The number of H-pyrrole nitrogens is 2. The molecule has 18 nitrogen and oxygen atoms in total. The minimum Gasteiger partial charge on any atom is -0.478 e. The van der Waals surface area contributed by atoms with Crippen molar-refractivity contribution in [1.29, 1.82) is 0 Å². The maximum absolute atomic E-state index is 12.4. The summed E-state index contributed by atoms with van der Waals surface area (Å²) >= 11 is 10.5. The van der Waals surface area contributed by atoms with Crippen molar-refractivity contribution in [1.82, 2.24) is 37.4 Å². The van der Waals surface area contributed by atoms with E-state index in [2.05, 4.69) is 178 Å². The molecule has 2 atom stereocenters. The summed E-state index contributed by atoms with van der Waals surface area (Å²) in [5, 5.41) is 49.5. The van der Waals surface area contributed by atoms with Crippen LogP contribution < -0.4 is 0 Å². The van der Waals surface area contributed by atoms with E-state index >= 15 is 0 Å². The number of ether oxygens (including phenoxy) is 2. The molecule has 16 aromatic rings. The molecule has 20 heteroatoms. The average molecular weight is 1780 g/mol. The number of aromatic carboxylic acids is 2. The fraction of sp³-hybridized carbons (Fsp3) is 0.345. The van der Waals surface area contributed by atoms with E-state index in [0.717, 1.165) is 64.9 Å². The Kier molecular flexibility index (Phi) is 25.4. The number of allylic oxidation sites excluding steroid dienone is 2. The normalized spacial score (nSPS) is 17.2. The van der Waals surface area contributed by atoms with Crippen LogP contribution in [0.25, 0.3) is 132 Å². The lowest BCUT2D eigenvalue weighted by Gasteiger charge is -2.27. The summed E-state index contributed by atoms with van der Waals surface area (Å²) in [6.45, 7) is 12.5. The number of esters is 2. The molecule has 4 fully saturated rings. The van der Waals surface area contributed by atoms with Gasteiger partial charge in [-0.25, -0.2) is 19.2 Å². The van der Waals surface area contributed by atoms with Crippen LogP contribution in [0.1, 0.15) is 216 Å². The molecule has 6 N–H and O–H groups in total. The van der Waals surface area contributed by atoms with E-state index in [-0.39, 0.29) is 37.0 Å². The number of fused-ring (bicyclic) bond motifs is 14. The van der Waals surface area contributed by atoms with E-state index in [1.807, 2.05) is 54.7 Å². The van der Waals surface area contributed by atoms with E-state index in [9.17, 15) is 39.6 Å². The molecule has 8 aromatic heterocycles. The number of carbonyl (C=O) groups is 4. The standard InChI is InChI=1S/C28H28N2O2.2C27H28N2O3.C24H24N2O2.C4H6Cl2/c1-18-16-29-14-13-20-9-6-10-23(26(20)29)27-25(19-7-4-3-5-8-19)22-12-11-21(28(31)32-2)15-24(22)30(27)17-18;2*30-16-17-14-28-12-11-19-7-4-8-22(25(19)28)26-24(18-5-2-1-3-6-18)21-10-9-20(27(31)32)13-23(21)29(26)15-17;1-28-24(27)17-10-11-18-20(14-17)26-23(21(18)15-6-3-2-4-7-15)19-9-5-8-16-12-13-25-22(16)19;1-4(2-5)3-6/h6,9-15,19H,1,3-5,7-8,16-17H2,2H3;2*4,7-13,17-18,30H,1-3,5-6,14-16H2,(H,31,32);5,8-15,25-26H,2-4,6-7H2,1H3;1-3H2. The summed E-state index contributed by atoms with van der Waals surface area (Å²) in [6, 6.07) is 57.9. The Morgan fingerprint density at radius 1 is 0.415 bits per heavy atom. The number of aliphatic hydroxyl groups excluding tert-OH is 2. The van der Waals surface area contributed by atoms with Crippen molar-refractivity contribution in [2.24, 2.45) is 11.8 Å². The van der Waals surface area contributed by atoms with Gasteiger partial charge in [-0.15, -0.1) is 23.2 Å². The second-order valence-electron chi connectivity index (χ2n) is 37.1. The SMILES string of the molecule is C=C(CCl)CCl.C=C1Cn2ccc3cccc(c32)-c2c(C3CCCCC3)c3ccc(C(=O)OC)cc3n2C1.COC(=O)c1ccc2c(C3CCCCC3)c(-c3cccc4cc[nH]c34)[nH]c2c1.O=C(O)c1ccc2c(C3CCCCC3)c3n(c2c1)CC(CO)Cn1ccc2cccc-3c21.O=C(O)c1ccc2c(C3CCCCC3)c3n(c2c1)CC(CO)Cn1ccc2cccc-3c21. The molecule has 0 saturated heterocycles. The zero-order valence-electron chi connectivity index (χ0n) is 74.2. The van der Waals surface area contributed by atoms with Crippen molar-refractivity contribution >= 4 is 134 Å². The molecule has 23 rings (SSSR count). The predicted molar refractivity (Wildman–Crippen MR) is 525 cm³/mol. The number of carboxylic acid groups (broad SMARTS) is 2. The maximum atomic E-state index is 12.4. The average Bonchev–Trinajstić information content (AvgIpc) is 1.58. The first-order valence-corrected chi connectivity index (χ1v) is 47.9. The minimum atomic E-state index is -0.901. The van der Waals surface area contributed by atoms with E-state index in [1.165, 1.54) is 270 Å². The van der Waals surface area contributed by atoms with Gasteiger partial charge in [-0.2, -0.15) is 0 Å². The fourth-order valence-corrected chi connectivity index (χ4v) is 23.3. The smallest absolute Gasteiger partial charge is 0.337 e. The molecule has 0 spiro atoms. The highest BCUT2D eigenvalue weighted by atomic mass is 35.5. The van der Waals surface area contributed by atoms with Gasteiger partial charge >= 0.3 is 23.9 Å². The van der Waals surface area contributed by atoms with Gasteiger partial charge < -0.3 is 67.3 Å². The quantitative estimate of drug-likeness (QED) is 0.0363. The molecule has 7 aliphatic rings. The van der Waals surface area contributed by atoms with E-state index in [4.69, 9.17) is 32.7 Å². The van der Waals surface area contributed by atoms with Crippen LogP contribution in [0.15, 0.2) is 219 Å². The number of aromatic nitrogens is 8. The lowest BCUT2D eigenvalue weighted by atomic mass is 9.81. The van der Waals surface area contributed by atoms with E-state index in [0.29, 0.717) is 70.8 Å². The highest BCUT2D eigenvalue weighted by Gasteiger charge is 2.36. The summed E-state index contributed by atoms with van der Waals surface area (Å²) in [5.41, 5.74) is 28.2. The molecular weight excluding hydrogens is 1660 g/mol. The van der Waals surface area contributed by atoms with Crippen molar-refractivity contribution in [3.05, 3.63) is 263 Å². The molecule has 668 valence electrons. The number of benzene rings is 8. The number of alkyl halides is 2. The van der Waals surface area contributed by atoms with Crippen LogP contribution in [0.4, 0.5) is 0 Å². The highest BCUT2D eigenvalue weighted by Crippen LogP contribution is 2.53. The monoisotopic (exact) mass is 1780 g/mol. The number of hydrogen-bond donors (Lipinski definition) is 6. The molecule has 0 bridgehead atoms. The van der Waals surface area contributed by atoms with Gasteiger partial charge in [0.05, 0.1) is 81.3 Å². The van der Waals surface area contributed by atoms with Gasteiger partial charge in [-0.05, 0) is 181 Å². The first kappa shape index (κ1) is 87.3. The topological polar surface area (TPSA) is 229 Å². The van der Waals surface area contributed by atoms with Crippen molar-refractivity contribution in [2.45, 2.75) is 191 Å². The fourth-order valence-electron chi connectivity index (χ4n) is 23.0. The summed E-state index contributed by atoms with van der Waals surface area (Å²) in [6.07, 6.45) is 33.4. The van der Waals surface area contributed by atoms with Crippen molar-refractivity contribution < 1.29 is 49.1 Å². The Bertz CT molecular complexity index is 6810. The van der Waals surface area contributed by atoms with Gasteiger partial charge in [0.25, 0.3) is 0 Å². The Morgan fingerprint density at radius 3 is 1.22 bits per heavy atom. The molecule has 130 heavy (non-hydrogen) atoms. The summed E-state index contributed by atoms with van der Waals surface area (Å²) < 4.78 is 23.9. The van der Waals surface area contributed by atoms with Gasteiger partial charge in [0.1, 0.15) is 0 Å². The number of aromatic amines is 2. The van der Waals surface area contributed by atoms with Crippen molar-refractivity contribution in [3.63, 3.8) is 0 Å². The van der Waals surface area contributed by atoms with Gasteiger partial charge in [0, 0.05) is 188 Å². The summed E-state index contributed by atoms with van der Waals surface area (Å²) in [4.78, 5) is 55.0. The highest BCUT2D eigenvalue weighted by molar-refractivity contribution is 6.23. The lowest BCUT2D eigenvalue weighted by Crippen LogP contribution is -2.23. The minimum absolute atomic E-state index is 0.0565. The second-order valence-corrected chi connectivity index (χ2v) is 37.7. The Morgan fingerprint density at radius 2 is 0.792 bits per heavy atom. The number of aliphatic hydroxyl groups is 2. The maximum Gasteiger partial charge on any atom is 0.337 e. The summed E-state index contributed by atoms with van der Waals surface area (Å²) in [5.74, 6) is 0.710. The van der Waals surface area contributed by atoms with Crippen LogP contribution in [0.3, 0.4) is 0 Å². The molecule has 3 aliphatic heterocycles. The molecule has 11 heterocycles. The number of rotatable bonds is 13. The molecule has 4 aliphatic carbocycles. The molecule has 8 aromatic carbocycles. The first-order valence-electron chi connectivity index (χ1n) is 46.8. The number of nitrogens with zero attached hydrogens (tertiary/aromatic N) is 6. The van der Waals surface area contributed by atoms with Gasteiger partial charge in [-0.3, -0.25) is 0 Å². The number of hydrogen-bond acceptors (Lipinski definition) is 8. The Balaban J connectivity index is 0.000000110. The zero-order chi connectivity index (χ0) is 89.5. The van der Waals surface area contributed by atoms with Crippen molar-refractivity contribution in [3.8, 4) is 45.0 Å². The van der Waals surface area contributed by atoms with Crippen LogP contribution in [-0.2, 0) is 48.7 Å². The largest absolute Gasteiger partial charge is 0.478 e. The lowest BCUT2D eigenvalue weighted by molar-refractivity contribution is 0.0592. The van der Waals surface area contributed by atoms with Crippen molar-refractivity contribution in [2.75, 3.05) is 39.2 Å². The second kappa shape index (κ2) is 37.8. The number of methoxy groups -OCH3 is 2. The van der Waals surface area contributed by atoms with Gasteiger partial charge in [-0.1, -0.05) is 187 Å². The van der Waals surface area contributed by atoms with Crippen LogP contribution in [0.2, 0.25) is 0 Å². The number of carbonyl (C=O) groups excluding carboxylic acids is 2. The number of halogens is 2. The molecular formula is C110H114Cl2N8O10. The number of carboxylic acids is 2. The summed E-state index contributed by atoms with van der Waals surface area (Å²) in [7, 11) is 2.87.